The number of nitrogens with zero attached hydrogens (tertiary/aromatic N) is 1. The first-order chi connectivity index (χ1) is 10.2. The zero-order valence-corrected chi connectivity index (χ0v) is 12.6. The molecule has 0 bridgehead atoms. The third kappa shape index (κ3) is 2.83. The number of piperidine rings is 1. The molecule has 2 saturated heterocycles. The zero-order chi connectivity index (χ0) is 14.8. The van der Waals surface area contributed by atoms with Crippen LogP contribution in [0.1, 0.15) is 23.2 Å². The molecule has 2 aliphatic rings. The first-order valence-corrected chi connectivity index (χ1v) is 7.47. The average molecular weight is 290 g/mol. The molecule has 2 atom stereocenters. The molecule has 3 rings (SSSR count). The molecule has 1 aromatic carbocycles. The van der Waals surface area contributed by atoms with Gasteiger partial charge in [0.05, 0.1) is 14.2 Å². The van der Waals surface area contributed by atoms with Gasteiger partial charge in [0.25, 0.3) is 5.91 Å². The van der Waals surface area contributed by atoms with Crippen molar-refractivity contribution < 1.29 is 14.3 Å². The minimum Gasteiger partial charge on any atom is -0.497 e. The number of carbonyl (C=O) groups is 1. The highest BCUT2D eigenvalue weighted by atomic mass is 16.5. The monoisotopic (exact) mass is 290 g/mol. The second kappa shape index (κ2) is 5.93. The second-order valence-corrected chi connectivity index (χ2v) is 5.75. The van der Waals surface area contributed by atoms with Crippen LogP contribution >= 0.6 is 0 Å². The number of ether oxygens (including phenoxy) is 2. The Hall–Kier alpha value is -1.75. The lowest BCUT2D eigenvalue weighted by Gasteiger charge is -2.35. The maximum atomic E-state index is 12.7. The van der Waals surface area contributed by atoms with Crippen LogP contribution in [-0.4, -0.2) is 50.7 Å². The van der Waals surface area contributed by atoms with Gasteiger partial charge in [0, 0.05) is 30.8 Å². The summed E-state index contributed by atoms with van der Waals surface area (Å²) in [7, 11) is 3.19. The maximum absolute atomic E-state index is 12.7. The van der Waals surface area contributed by atoms with E-state index in [-0.39, 0.29) is 5.91 Å². The number of methoxy groups -OCH3 is 2. The van der Waals surface area contributed by atoms with Crippen molar-refractivity contribution >= 4 is 5.91 Å². The third-order valence-electron chi connectivity index (χ3n) is 4.54. The molecular weight excluding hydrogens is 268 g/mol. The molecule has 2 heterocycles. The van der Waals surface area contributed by atoms with Crippen molar-refractivity contribution in [2.45, 2.75) is 18.9 Å². The molecule has 2 fully saturated rings. The van der Waals surface area contributed by atoms with Crippen LogP contribution in [0.3, 0.4) is 0 Å². The van der Waals surface area contributed by atoms with Crippen LogP contribution in [0.2, 0.25) is 0 Å². The van der Waals surface area contributed by atoms with E-state index in [4.69, 9.17) is 9.47 Å². The first-order valence-electron chi connectivity index (χ1n) is 7.47. The maximum Gasteiger partial charge on any atom is 0.254 e. The van der Waals surface area contributed by atoms with Gasteiger partial charge in [0.2, 0.25) is 0 Å². The second-order valence-electron chi connectivity index (χ2n) is 5.75. The van der Waals surface area contributed by atoms with E-state index in [0.717, 1.165) is 32.5 Å². The van der Waals surface area contributed by atoms with Gasteiger partial charge in [-0.15, -0.1) is 0 Å². The lowest BCUT2D eigenvalue weighted by atomic mass is 9.93. The first kappa shape index (κ1) is 14.2. The summed E-state index contributed by atoms with van der Waals surface area (Å²) in [6, 6.07) is 5.94. The van der Waals surface area contributed by atoms with Crippen LogP contribution in [0.4, 0.5) is 0 Å². The normalized spacial score (nSPS) is 24.6. The minimum atomic E-state index is 0.0672. The smallest absolute Gasteiger partial charge is 0.254 e. The molecule has 5 nitrogen and oxygen atoms in total. The number of amides is 1. The van der Waals surface area contributed by atoms with E-state index in [1.165, 1.54) is 0 Å². The van der Waals surface area contributed by atoms with Gasteiger partial charge in [-0.05, 0) is 37.4 Å². The van der Waals surface area contributed by atoms with Crippen LogP contribution in [-0.2, 0) is 0 Å². The number of benzene rings is 1. The van der Waals surface area contributed by atoms with E-state index in [9.17, 15) is 4.79 Å². The Bertz CT molecular complexity index is 510. The van der Waals surface area contributed by atoms with Gasteiger partial charge in [0.15, 0.2) is 0 Å². The van der Waals surface area contributed by atoms with Gasteiger partial charge in [0.1, 0.15) is 11.5 Å². The quantitative estimate of drug-likeness (QED) is 0.917. The van der Waals surface area contributed by atoms with Gasteiger partial charge in [-0.2, -0.15) is 0 Å². The number of fused-ring (bicyclic) bond motifs is 1. The molecule has 1 amide bonds. The van der Waals surface area contributed by atoms with Crippen LogP contribution in [0, 0.1) is 5.92 Å². The van der Waals surface area contributed by atoms with Gasteiger partial charge in [-0.25, -0.2) is 0 Å². The van der Waals surface area contributed by atoms with E-state index < -0.39 is 0 Å². The van der Waals surface area contributed by atoms with Crippen molar-refractivity contribution in [2.24, 2.45) is 5.92 Å². The highest BCUT2D eigenvalue weighted by Gasteiger charge is 2.34. The zero-order valence-electron chi connectivity index (χ0n) is 12.6. The predicted molar refractivity (Wildman–Crippen MR) is 80.0 cm³/mol. The van der Waals surface area contributed by atoms with Crippen molar-refractivity contribution in [2.75, 3.05) is 33.9 Å². The Kier molecular flexibility index (Phi) is 4.01. The fraction of sp³-hybridized carbons (Fsp3) is 0.562. The van der Waals surface area contributed by atoms with Crippen LogP contribution in [0.5, 0.6) is 11.5 Å². The van der Waals surface area contributed by atoms with Crippen molar-refractivity contribution in [3.8, 4) is 11.5 Å². The summed E-state index contributed by atoms with van der Waals surface area (Å²) in [6.07, 6.45) is 2.20. The third-order valence-corrected chi connectivity index (χ3v) is 4.54. The molecule has 0 aliphatic carbocycles. The van der Waals surface area contributed by atoms with Gasteiger partial charge < -0.3 is 19.7 Å². The Morgan fingerprint density at radius 2 is 1.90 bits per heavy atom. The molecule has 2 aliphatic heterocycles. The number of likely N-dealkylation sites (tertiary alicyclic amines) is 1. The number of hydrogen-bond acceptors (Lipinski definition) is 4. The van der Waals surface area contributed by atoms with Crippen LogP contribution < -0.4 is 14.8 Å². The Morgan fingerprint density at radius 1 is 1.19 bits per heavy atom. The molecule has 0 radical (unpaired) electrons. The summed E-state index contributed by atoms with van der Waals surface area (Å²) in [4.78, 5) is 14.7. The number of carbonyl (C=O) groups excluding carboxylic acids is 1. The van der Waals surface area contributed by atoms with Gasteiger partial charge in [-0.1, -0.05) is 0 Å². The summed E-state index contributed by atoms with van der Waals surface area (Å²) in [5, 5.41) is 3.52. The van der Waals surface area contributed by atoms with Crippen molar-refractivity contribution in [1.29, 1.82) is 0 Å². The summed E-state index contributed by atoms with van der Waals surface area (Å²) < 4.78 is 10.5. The number of nitrogens with one attached hydrogen (secondary N) is 1. The SMILES string of the molecule is COc1cc(OC)cc(C(=O)N2CCC3NCCC3C2)c1. The summed E-state index contributed by atoms with van der Waals surface area (Å²) in [5.41, 5.74) is 0.635. The molecule has 0 aromatic heterocycles. The molecule has 0 spiro atoms. The molecule has 1 N–H and O–H groups in total. The summed E-state index contributed by atoms with van der Waals surface area (Å²) >= 11 is 0. The lowest BCUT2D eigenvalue weighted by Crippen LogP contribution is -2.46. The highest BCUT2D eigenvalue weighted by molar-refractivity contribution is 5.95. The summed E-state index contributed by atoms with van der Waals surface area (Å²) in [6.45, 7) is 2.73. The topological polar surface area (TPSA) is 50.8 Å². The molecule has 5 heteroatoms. The predicted octanol–water partition coefficient (Wildman–Crippen LogP) is 1.53. The van der Waals surface area contributed by atoms with E-state index >= 15 is 0 Å². The highest BCUT2D eigenvalue weighted by Crippen LogP contribution is 2.28. The van der Waals surface area contributed by atoms with E-state index in [1.807, 2.05) is 4.90 Å². The Balaban J connectivity index is 1.78. The molecule has 21 heavy (non-hydrogen) atoms. The van der Waals surface area contributed by atoms with Crippen LogP contribution in [0.25, 0.3) is 0 Å². The largest absolute Gasteiger partial charge is 0.497 e. The fourth-order valence-corrected chi connectivity index (χ4v) is 3.35. The molecule has 1 aromatic rings. The van der Waals surface area contributed by atoms with Gasteiger partial charge in [-0.3, -0.25) is 4.79 Å². The van der Waals surface area contributed by atoms with E-state index in [1.54, 1.807) is 32.4 Å². The Labute approximate surface area is 125 Å². The number of rotatable bonds is 3. The standard InChI is InChI=1S/C16H22N2O3/c1-20-13-7-12(8-14(9-13)21-2)16(19)18-6-4-15-11(10-18)3-5-17-15/h7-9,11,15,17H,3-6,10H2,1-2H3. The van der Waals surface area contributed by atoms with E-state index in [2.05, 4.69) is 5.32 Å². The lowest BCUT2D eigenvalue weighted by molar-refractivity contribution is 0.0661. The molecule has 114 valence electrons. The fourth-order valence-electron chi connectivity index (χ4n) is 3.35. The molecule has 0 saturated carbocycles. The van der Waals surface area contributed by atoms with E-state index in [0.29, 0.717) is 29.0 Å². The van der Waals surface area contributed by atoms with Crippen molar-refractivity contribution in [1.82, 2.24) is 10.2 Å². The van der Waals surface area contributed by atoms with Gasteiger partial charge >= 0.3 is 0 Å². The molecule has 2 unspecified atom stereocenters. The van der Waals surface area contributed by atoms with Crippen molar-refractivity contribution in [3.63, 3.8) is 0 Å². The Morgan fingerprint density at radius 3 is 2.57 bits per heavy atom. The summed E-state index contributed by atoms with van der Waals surface area (Å²) in [5.74, 6) is 1.96. The number of hydrogen-bond donors (Lipinski definition) is 1. The average Bonchev–Trinajstić information content (AvgIpc) is 3.01. The minimum absolute atomic E-state index is 0.0672. The van der Waals surface area contributed by atoms with Crippen LogP contribution in [0.15, 0.2) is 18.2 Å². The van der Waals surface area contributed by atoms with Crippen molar-refractivity contribution in [3.05, 3.63) is 23.8 Å². The molecular formula is C16H22N2O3.